The maximum atomic E-state index is 13.7. The molecule has 1 saturated heterocycles. The quantitative estimate of drug-likeness (QED) is 0.517. The van der Waals surface area contributed by atoms with Gasteiger partial charge in [-0.3, -0.25) is 14.7 Å². The summed E-state index contributed by atoms with van der Waals surface area (Å²) in [6, 6.07) is 4.13. The van der Waals surface area contributed by atoms with Gasteiger partial charge in [0.15, 0.2) is 5.84 Å². The van der Waals surface area contributed by atoms with E-state index >= 15 is 0 Å². The maximum absolute atomic E-state index is 13.7. The molecule has 12 heteroatoms. The SMILES string of the molecule is Cc1nc(N)nc2c1C(NOC[C@@H]1CN(C(=O)OC(C)(C)C)C(C)(C)O1)=N[C@@H](c1ccc(F)cc1Br)C2. The van der Waals surface area contributed by atoms with Crippen LogP contribution < -0.4 is 11.2 Å². The van der Waals surface area contributed by atoms with Crippen LogP contribution in [0.15, 0.2) is 27.7 Å². The summed E-state index contributed by atoms with van der Waals surface area (Å²) in [5.74, 6) is 0.250. The second-order valence-electron chi connectivity index (χ2n) is 10.5. The Morgan fingerprint density at radius 3 is 2.76 bits per heavy atom. The van der Waals surface area contributed by atoms with Crippen LogP contribution in [-0.4, -0.2) is 57.4 Å². The Balaban J connectivity index is 1.50. The number of hydrogen-bond donors (Lipinski definition) is 2. The van der Waals surface area contributed by atoms with Gasteiger partial charge in [-0.1, -0.05) is 22.0 Å². The lowest BCUT2D eigenvalue weighted by Gasteiger charge is -2.31. The highest BCUT2D eigenvalue weighted by Gasteiger charge is 2.44. The van der Waals surface area contributed by atoms with E-state index < -0.39 is 23.5 Å². The van der Waals surface area contributed by atoms with E-state index in [0.29, 0.717) is 40.2 Å². The second-order valence-corrected chi connectivity index (χ2v) is 11.4. The Hall–Kier alpha value is -2.83. The Morgan fingerprint density at radius 2 is 2.08 bits per heavy atom. The summed E-state index contributed by atoms with van der Waals surface area (Å²) in [5, 5.41) is 0. The molecule has 200 valence electrons. The van der Waals surface area contributed by atoms with E-state index in [1.165, 1.54) is 12.1 Å². The smallest absolute Gasteiger partial charge is 0.412 e. The van der Waals surface area contributed by atoms with E-state index in [2.05, 4.69) is 31.4 Å². The Morgan fingerprint density at radius 1 is 1.35 bits per heavy atom. The van der Waals surface area contributed by atoms with E-state index in [9.17, 15) is 9.18 Å². The highest BCUT2D eigenvalue weighted by Crippen LogP contribution is 2.34. The fourth-order valence-electron chi connectivity index (χ4n) is 4.42. The molecule has 0 aliphatic carbocycles. The first-order chi connectivity index (χ1) is 17.2. The Kier molecular flexibility index (Phi) is 7.46. The van der Waals surface area contributed by atoms with Crippen molar-refractivity contribution in [3.8, 4) is 0 Å². The Labute approximate surface area is 223 Å². The zero-order valence-electron chi connectivity index (χ0n) is 21.8. The molecule has 2 aliphatic rings. The first-order valence-electron chi connectivity index (χ1n) is 12.0. The summed E-state index contributed by atoms with van der Waals surface area (Å²) < 4.78 is 25.9. The number of hydroxylamine groups is 1. The molecule has 4 rings (SSSR count). The number of nitrogens with two attached hydrogens (primary N) is 1. The lowest BCUT2D eigenvalue weighted by atomic mass is 9.95. The summed E-state index contributed by atoms with van der Waals surface area (Å²) in [4.78, 5) is 33.6. The number of amides is 1. The second kappa shape index (κ2) is 10.1. The molecular formula is C25H32BrFN6O4. The third-order valence-electron chi connectivity index (χ3n) is 5.96. The monoisotopic (exact) mass is 578 g/mol. The van der Waals surface area contributed by atoms with Gasteiger partial charge in [-0.2, -0.15) is 0 Å². The maximum Gasteiger partial charge on any atom is 0.412 e. The van der Waals surface area contributed by atoms with Gasteiger partial charge in [-0.25, -0.2) is 24.6 Å². The predicted molar refractivity (Wildman–Crippen MR) is 139 cm³/mol. The van der Waals surface area contributed by atoms with Crippen LogP contribution in [0.25, 0.3) is 0 Å². The zero-order chi connectivity index (χ0) is 27.1. The standard InChI is InChI=1S/C25H32BrFN6O4/c1-13-20-19(31-22(28)29-13)10-18(16-8-7-14(27)9-17(16)26)30-21(20)32-35-12-15-11-33(25(5,6)36-15)23(34)37-24(2,3)4/h7-9,15,18H,10-12H2,1-6H3,(H,30,32)(H2,28,29,31)/t15-,18+/m0/s1. The van der Waals surface area contributed by atoms with Gasteiger partial charge in [0.25, 0.3) is 0 Å². The minimum Gasteiger partial charge on any atom is -0.444 e. The number of aliphatic imine (C=N–C) groups is 1. The van der Waals surface area contributed by atoms with Crippen molar-refractivity contribution in [2.75, 3.05) is 18.9 Å². The molecule has 1 aromatic heterocycles. The number of fused-ring (bicyclic) bond motifs is 1. The summed E-state index contributed by atoms with van der Waals surface area (Å²) in [6.45, 7) is 11.3. The fourth-order valence-corrected chi connectivity index (χ4v) is 5.04. The molecular weight excluding hydrogens is 547 g/mol. The van der Waals surface area contributed by atoms with Gasteiger partial charge in [0.05, 0.1) is 29.5 Å². The van der Waals surface area contributed by atoms with Gasteiger partial charge in [0.2, 0.25) is 5.95 Å². The average molecular weight is 579 g/mol. The van der Waals surface area contributed by atoms with Crippen molar-refractivity contribution in [2.45, 2.75) is 71.4 Å². The van der Waals surface area contributed by atoms with Gasteiger partial charge in [0.1, 0.15) is 29.9 Å². The van der Waals surface area contributed by atoms with E-state index in [-0.39, 0.29) is 24.4 Å². The molecule has 10 nitrogen and oxygen atoms in total. The number of benzene rings is 1. The molecule has 2 atom stereocenters. The van der Waals surface area contributed by atoms with Crippen molar-refractivity contribution in [3.05, 3.63) is 51.0 Å². The predicted octanol–water partition coefficient (Wildman–Crippen LogP) is 4.21. The molecule has 0 saturated carbocycles. The van der Waals surface area contributed by atoms with Crippen LogP contribution in [0.2, 0.25) is 0 Å². The number of carbonyl (C=O) groups is 1. The first-order valence-corrected chi connectivity index (χ1v) is 12.7. The minimum absolute atomic E-state index is 0.136. The molecule has 1 amide bonds. The number of aryl methyl sites for hydroxylation is 1. The van der Waals surface area contributed by atoms with Gasteiger partial charge >= 0.3 is 6.09 Å². The van der Waals surface area contributed by atoms with Crippen molar-refractivity contribution in [1.82, 2.24) is 20.3 Å². The van der Waals surface area contributed by atoms with Crippen LogP contribution in [0.1, 0.15) is 63.2 Å². The summed E-state index contributed by atoms with van der Waals surface area (Å²) in [6.07, 6.45) is -0.385. The zero-order valence-corrected chi connectivity index (χ0v) is 23.3. The number of nitrogens with zero attached hydrogens (tertiary/aromatic N) is 4. The number of anilines is 1. The number of aromatic nitrogens is 2. The highest BCUT2D eigenvalue weighted by atomic mass is 79.9. The number of nitrogens with one attached hydrogen (secondary N) is 1. The molecule has 0 bridgehead atoms. The number of amidine groups is 1. The van der Waals surface area contributed by atoms with Crippen LogP contribution in [0, 0.1) is 12.7 Å². The van der Waals surface area contributed by atoms with E-state index in [1.54, 1.807) is 11.0 Å². The topological polar surface area (TPSA) is 124 Å². The molecule has 0 unspecified atom stereocenters. The van der Waals surface area contributed by atoms with Gasteiger partial charge in [-0.15, -0.1) is 0 Å². The van der Waals surface area contributed by atoms with Gasteiger partial charge < -0.3 is 15.2 Å². The van der Waals surface area contributed by atoms with Gasteiger partial charge in [-0.05, 0) is 59.2 Å². The third kappa shape index (κ3) is 6.19. The van der Waals surface area contributed by atoms with E-state index in [0.717, 1.165) is 5.56 Å². The number of hydrogen-bond acceptors (Lipinski definition) is 9. The number of nitrogen functional groups attached to an aromatic ring is 1. The number of carbonyl (C=O) groups excluding carboxylic acids is 1. The fraction of sp³-hybridized carbons (Fsp3) is 0.520. The molecule has 2 aliphatic heterocycles. The minimum atomic E-state index is -0.854. The lowest BCUT2D eigenvalue weighted by molar-refractivity contribution is -0.0974. The van der Waals surface area contributed by atoms with Crippen LogP contribution >= 0.6 is 15.9 Å². The summed E-state index contributed by atoms with van der Waals surface area (Å²) >= 11 is 3.44. The van der Waals surface area contributed by atoms with E-state index in [4.69, 9.17) is 25.0 Å². The molecule has 0 spiro atoms. The van der Waals surface area contributed by atoms with Crippen LogP contribution in [0.5, 0.6) is 0 Å². The van der Waals surface area contributed by atoms with Crippen LogP contribution in [0.3, 0.4) is 0 Å². The summed E-state index contributed by atoms with van der Waals surface area (Å²) in [7, 11) is 0. The first kappa shape index (κ1) is 27.2. The lowest BCUT2D eigenvalue weighted by Crippen LogP contribution is -2.46. The van der Waals surface area contributed by atoms with Crippen LogP contribution in [0.4, 0.5) is 15.1 Å². The van der Waals surface area contributed by atoms with Crippen molar-refractivity contribution in [1.29, 1.82) is 0 Å². The van der Waals surface area contributed by atoms with Crippen molar-refractivity contribution >= 4 is 33.8 Å². The highest BCUT2D eigenvalue weighted by molar-refractivity contribution is 9.10. The number of ether oxygens (including phenoxy) is 2. The largest absolute Gasteiger partial charge is 0.444 e. The summed E-state index contributed by atoms with van der Waals surface area (Å²) in [5.41, 5.74) is 10.2. The molecule has 37 heavy (non-hydrogen) atoms. The molecule has 2 aromatic rings. The van der Waals surface area contributed by atoms with Crippen molar-refractivity contribution in [3.63, 3.8) is 0 Å². The number of halogens is 2. The number of rotatable bonds is 4. The molecule has 3 heterocycles. The molecule has 1 fully saturated rings. The van der Waals surface area contributed by atoms with Crippen molar-refractivity contribution < 1.29 is 23.5 Å². The molecule has 0 radical (unpaired) electrons. The average Bonchev–Trinajstić information content (AvgIpc) is 3.06. The normalized spacial score (nSPS) is 20.9. The van der Waals surface area contributed by atoms with Crippen molar-refractivity contribution in [2.24, 2.45) is 4.99 Å². The third-order valence-corrected chi connectivity index (χ3v) is 6.64. The molecule has 1 aromatic carbocycles. The van der Waals surface area contributed by atoms with E-state index in [1.807, 2.05) is 41.5 Å². The Bertz CT molecular complexity index is 1230. The van der Waals surface area contributed by atoms with Gasteiger partial charge in [0, 0.05) is 10.9 Å². The van der Waals surface area contributed by atoms with Crippen LogP contribution in [-0.2, 0) is 20.7 Å². The molecule has 3 N–H and O–H groups in total.